The number of hydrogen-bond donors (Lipinski definition) is 0. The van der Waals surface area contributed by atoms with Crippen LogP contribution in [-0.4, -0.2) is 15.3 Å². The molecule has 2 heterocycles. The maximum Gasteiger partial charge on any atom is 0.263 e. The number of nitrogens with zero attached hydrogens (tertiary/aromatic N) is 2. The molecule has 0 radical (unpaired) electrons. The molecule has 3 nitrogen and oxygen atoms in total. The van der Waals surface area contributed by atoms with Crippen LogP contribution in [0.2, 0.25) is 0 Å². The van der Waals surface area contributed by atoms with Crippen LogP contribution >= 0.6 is 23.1 Å². The summed E-state index contributed by atoms with van der Waals surface area (Å²) in [5.74, 6) is 0.777. The van der Waals surface area contributed by atoms with Crippen molar-refractivity contribution >= 4 is 33.3 Å². The van der Waals surface area contributed by atoms with E-state index in [9.17, 15) is 4.79 Å². The average molecular weight is 347 g/mol. The first-order valence-corrected chi connectivity index (χ1v) is 9.74. The van der Waals surface area contributed by atoms with E-state index in [1.807, 2.05) is 13.8 Å². The van der Waals surface area contributed by atoms with Crippen molar-refractivity contribution in [2.24, 2.45) is 0 Å². The molecule has 0 amide bonds. The van der Waals surface area contributed by atoms with E-state index in [1.54, 1.807) is 27.7 Å². The standard InChI is InChI=1S/C18H22N2OS2/c1-11(2)9-20-17(21)15-13-7-5-6-8-14(13)23-16(15)19-18(20)22-10-12(3)4/h1,3,5-10H2,2,4H3. The molecule has 2 aromatic heterocycles. The van der Waals surface area contributed by atoms with Gasteiger partial charge in [-0.1, -0.05) is 36.1 Å². The monoisotopic (exact) mass is 346 g/mol. The third kappa shape index (κ3) is 3.31. The minimum Gasteiger partial charge on any atom is -0.283 e. The van der Waals surface area contributed by atoms with Crippen molar-refractivity contribution < 1.29 is 0 Å². The van der Waals surface area contributed by atoms with Crippen molar-refractivity contribution in [1.29, 1.82) is 0 Å². The highest BCUT2D eigenvalue weighted by atomic mass is 32.2. The normalized spacial score (nSPS) is 14.0. The fourth-order valence-electron chi connectivity index (χ4n) is 2.93. The summed E-state index contributed by atoms with van der Waals surface area (Å²) in [6.07, 6.45) is 4.49. The van der Waals surface area contributed by atoms with E-state index in [1.165, 1.54) is 23.3 Å². The number of rotatable bonds is 5. The van der Waals surface area contributed by atoms with Crippen LogP contribution in [0.25, 0.3) is 10.2 Å². The van der Waals surface area contributed by atoms with Gasteiger partial charge in [0.05, 0.1) is 5.39 Å². The Hall–Kier alpha value is -1.33. The highest BCUT2D eigenvalue weighted by Gasteiger charge is 2.22. The number of aromatic nitrogens is 2. The lowest BCUT2D eigenvalue weighted by Gasteiger charge is -2.13. The van der Waals surface area contributed by atoms with E-state index < -0.39 is 0 Å². The average Bonchev–Trinajstić information content (AvgIpc) is 2.86. The molecule has 0 aliphatic heterocycles. The van der Waals surface area contributed by atoms with Gasteiger partial charge in [0.25, 0.3) is 5.56 Å². The molecule has 0 N–H and O–H groups in total. The zero-order chi connectivity index (χ0) is 16.6. The lowest BCUT2D eigenvalue weighted by atomic mass is 9.97. The largest absolute Gasteiger partial charge is 0.283 e. The van der Waals surface area contributed by atoms with Crippen LogP contribution in [0.5, 0.6) is 0 Å². The molecule has 122 valence electrons. The lowest BCUT2D eigenvalue weighted by Crippen LogP contribution is -2.24. The number of aryl methyl sites for hydroxylation is 2. The molecule has 0 fully saturated rings. The van der Waals surface area contributed by atoms with Gasteiger partial charge in [-0.15, -0.1) is 11.3 Å². The molecule has 0 bridgehead atoms. The molecule has 23 heavy (non-hydrogen) atoms. The highest BCUT2D eigenvalue weighted by molar-refractivity contribution is 7.99. The molecule has 1 aliphatic carbocycles. The minimum atomic E-state index is 0.0987. The fourth-order valence-corrected chi connectivity index (χ4v) is 5.07. The predicted octanol–water partition coefficient (Wildman–Crippen LogP) is 4.58. The van der Waals surface area contributed by atoms with Crippen molar-refractivity contribution in [2.45, 2.75) is 51.2 Å². The SMILES string of the molecule is C=C(C)CSc1nc2sc3c(c2c(=O)n1CC(=C)C)CCCC3. The second kappa shape index (κ2) is 6.65. The van der Waals surface area contributed by atoms with E-state index in [4.69, 9.17) is 4.98 Å². The number of fused-ring (bicyclic) bond motifs is 3. The summed E-state index contributed by atoms with van der Waals surface area (Å²) in [6.45, 7) is 12.4. The molecule has 3 rings (SSSR count). The van der Waals surface area contributed by atoms with Crippen LogP contribution in [0, 0.1) is 0 Å². The summed E-state index contributed by atoms with van der Waals surface area (Å²) in [5, 5.41) is 1.64. The Morgan fingerprint density at radius 1 is 1.26 bits per heavy atom. The number of allylic oxidation sites excluding steroid dienone is 1. The van der Waals surface area contributed by atoms with Crippen LogP contribution in [-0.2, 0) is 19.4 Å². The van der Waals surface area contributed by atoms with Gasteiger partial charge < -0.3 is 0 Å². The zero-order valence-electron chi connectivity index (χ0n) is 13.8. The van der Waals surface area contributed by atoms with Crippen LogP contribution < -0.4 is 5.56 Å². The molecule has 0 aromatic carbocycles. The quantitative estimate of drug-likeness (QED) is 0.451. The summed E-state index contributed by atoms with van der Waals surface area (Å²) in [6, 6.07) is 0. The van der Waals surface area contributed by atoms with Crippen molar-refractivity contribution in [3.05, 3.63) is 45.1 Å². The summed E-state index contributed by atoms with van der Waals surface area (Å²) >= 11 is 3.30. The van der Waals surface area contributed by atoms with Crippen LogP contribution in [0.15, 0.2) is 34.3 Å². The number of thiophene rings is 1. The van der Waals surface area contributed by atoms with Gasteiger partial charge in [0.1, 0.15) is 4.83 Å². The fraction of sp³-hybridized carbons (Fsp3) is 0.444. The van der Waals surface area contributed by atoms with E-state index in [0.29, 0.717) is 6.54 Å². The smallest absolute Gasteiger partial charge is 0.263 e. The van der Waals surface area contributed by atoms with E-state index in [0.717, 1.165) is 45.1 Å². The third-order valence-corrected chi connectivity index (χ3v) is 6.31. The van der Waals surface area contributed by atoms with E-state index >= 15 is 0 Å². The maximum atomic E-state index is 13.1. The zero-order valence-corrected chi connectivity index (χ0v) is 15.4. The first-order valence-electron chi connectivity index (χ1n) is 7.94. The first kappa shape index (κ1) is 16.5. The van der Waals surface area contributed by atoms with Gasteiger partial charge in [0, 0.05) is 17.2 Å². The topological polar surface area (TPSA) is 34.9 Å². The van der Waals surface area contributed by atoms with Gasteiger partial charge in [-0.3, -0.25) is 9.36 Å². The van der Waals surface area contributed by atoms with Gasteiger partial charge in [-0.05, 0) is 45.1 Å². The molecule has 5 heteroatoms. The highest BCUT2D eigenvalue weighted by Crippen LogP contribution is 2.34. The number of hydrogen-bond acceptors (Lipinski definition) is 4. The van der Waals surface area contributed by atoms with Crippen LogP contribution in [0.1, 0.15) is 37.1 Å². The van der Waals surface area contributed by atoms with Gasteiger partial charge in [-0.2, -0.15) is 0 Å². The molecule has 0 saturated carbocycles. The summed E-state index contributed by atoms with van der Waals surface area (Å²) in [5.41, 5.74) is 3.40. The second-order valence-corrected chi connectivity index (χ2v) is 8.41. The Morgan fingerprint density at radius 2 is 2.00 bits per heavy atom. The maximum absolute atomic E-state index is 13.1. The Morgan fingerprint density at radius 3 is 2.70 bits per heavy atom. The molecular weight excluding hydrogens is 324 g/mol. The molecule has 0 spiro atoms. The molecule has 2 aromatic rings. The molecular formula is C18H22N2OS2. The van der Waals surface area contributed by atoms with Crippen molar-refractivity contribution in [3.8, 4) is 0 Å². The Balaban J connectivity index is 2.19. The van der Waals surface area contributed by atoms with E-state index in [2.05, 4.69) is 13.2 Å². The summed E-state index contributed by atoms with van der Waals surface area (Å²) < 4.78 is 1.79. The predicted molar refractivity (Wildman–Crippen MR) is 101 cm³/mol. The Labute approximate surface area is 145 Å². The van der Waals surface area contributed by atoms with Gasteiger partial charge in [0.15, 0.2) is 5.16 Å². The van der Waals surface area contributed by atoms with Gasteiger partial charge in [0.2, 0.25) is 0 Å². The minimum absolute atomic E-state index is 0.0987. The molecule has 1 aliphatic rings. The van der Waals surface area contributed by atoms with Crippen molar-refractivity contribution in [2.75, 3.05) is 5.75 Å². The lowest BCUT2D eigenvalue weighted by molar-refractivity contribution is 0.650. The number of thioether (sulfide) groups is 1. The third-order valence-electron chi connectivity index (χ3n) is 3.92. The van der Waals surface area contributed by atoms with Gasteiger partial charge >= 0.3 is 0 Å². The summed E-state index contributed by atoms with van der Waals surface area (Å²) in [7, 11) is 0. The van der Waals surface area contributed by atoms with Crippen LogP contribution in [0.4, 0.5) is 0 Å². The Kier molecular flexibility index (Phi) is 4.78. The van der Waals surface area contributed by atoms with Crippen molar-refractivity contribution in [1.82, 2.24) is 9.55 Å². The second-order valence-electron chi connectivity index (χ2n) is 6.38. The molecule has 0 saturated heterocycles. The molecule has 0 atom stereocenters. The first-order chi connectivity index (χ1) is 11.0. The summed E-state index contributed by atoms with van der Waals surface area (Å²) in [4.78, 5) is 20.2. The van der Waals surface area contributed by atoms with Gasteiger partial charge in [-0.25, -0.2) is 4.98 Å². The van der Waals surface area contributed by atoms with Crippen LogP contribution in [0.3, 0.4) is 0 Å². The Bertz CT molecular complexity index is 845. The van der Waals surface area contributed by atoms with E-state index in [-0.39, 0.29) is 5.56 Å². The van der Waals surface area contributed by atoms with Crippen molar-refractivity contribution in [3.63, 3.8) is 0 Å². The molecule has 0 unspecified atom stereocenters.